The van der Waals surface area contributed by atoms with Crippen molar-refractivity contribution in [3.63, 3.8) is 0 Å². The molecule has 5 aromatic rings. The van der Waals surface area contributed by atoms with Crippen LogP contribution in [0, 0.1) is 0 Å². The molecule has 28 heavy (non-hydrogen) atoms. The maximum Gasteiger partial charge on any atom is -0.0149 e. The van der Waals surface area contributed by atoms with Crippen LogP contribution in [0.1, 0.15) is 11.1 Å². The van der Waals surface area contributed by atoms with Crippen molar-refractivity contribution in [1.29, 1.82) is 0 Å². The Balaban J connectivity index is 1.48. The van der Waals surface area contributed by atoms with Gasteiger partial charge in [-0.05, 0) is 86.0 Å². The Labute approximate surface area is 165 Å². The first-order valence-corrected chi connectivity index (χ1v) is 9.99. The van der Waals surface area contributed by atoms with E-state index in [0.29, 0.717) is 0 Å². The van der Waals surface area contributed by atoms with Crippen molar-refractivity contribution in [3.05, 3.63) is 108 Å². The summed E-state index contributed by atoms with van der Waals surface area (Å²) in [5.74, 6) is 0. The summed E-state index contributed by atoms with van der Waals surface area (Å²) in [6.07, 6.45) is 2.26. The molecule has 5 aromatic carbocycles. The van der Waals surface area contributed by atoms with Crippen molar-refractivity contribution < 1.29 is 0 Å². The van der Waals surface area contributed by atoms with E-state index < -0.39 is 0 Å². The highest BCUT2D eigenvalue weighted by Gasteiger charge is 2.16. The summed E-state index contributed by atoms with van der Waals surface area (Å²) in [5, 5.41) is 5.21. The van der Waals surface area contributed by atoms with Crippen LogP contribution in [-0.4, -0.2) is 0 Å². The monoisotopic (exact) mass is 356 g/mol. The molecule has 132 valence electrons. The second-order valence-electron chi connectivity index (χ2n) is 7.79. The third-order valence-corrected chi connectivity index (χ3v) is 6.11. The zero-order valence-corrected chi connectivity index (χ0v) is 15.7. The largest absolute Gasteiger partial charge is 0.0620 e. The van der Waals surface area contributed by atoms with Gasteiger partial charge in [0.05, 0.1) is 0 Å². The van der Waals surface area contributed by atoms with Crippen molar-refractivity contribution >= 4 is 21.5 Å². The average molecular weight is 356 g/mol. The van der Waals surface area contributed by atoms with Crippen LogP contribution in [0.2, 0.25) is 0 Å². The molecule has 0 heteroatoms. The van der Waals surface area contributed by atoms with Gasteiger partial charge in [-0.1, -0.05) is 78.9 Å². The maximum atomic E-state index is 2.40. The van der Waals surface area contributed by atoms with Gasteiger partial charge >= 0.3 is 0 Å². The van der Waals surface area contributed by atoms with Crippen molar-refractivity contribution in [2.75, 3.05) is 0 Å². The summed E-state index contributed by atoms with van der Waals surface area (Å²) >= 11 is 0. The fourth-order valence-corrected chi connectivity index (χ4v) is 4.63. The van der Waals surface area contributed by atoms with Crippen LogP contribution < -0.4 is 0 Å². The van der Waals surface area contributed by atoms with Crippen LogP contribution in [-0.2, 0) is 12.8 Å². The standard InChI is InChI=1S/C28H20/c1-2-7-21-17-26-18-22(10-11-24(26)15-20(21)6-1)23-13-14-28-25(16-23)12-9-19-5-3-4-8-27(19)28/h1-8,10-11,13-18H,9,12H2. The van der Waals surface area contributed by atoms with E-state index >= 15 is 0 Å². The SMILES string of the molecule is c1ccc2c(c1)CCc1cc(-c3ccc4cc5ccccc5cc4c3)ccc1-2. The highest BCUT2D eigenvalue weighted by molar-refractivity contribution is 5.99. The van der Waals surface area contributed by atoms with Gasteiger partial charge in [-0.15, -0.1) is 0 Å². The summed E-state index contributed by atoms with van der Waals surface area (Å²) in [6.45, 7) is 0. The van der Waals surface area contributed by atoms with Gasteiger partial charge in [0.25, 0.3) is 0 Å². The first-order valence-electron chi connectivity index (χ1n) is 9.99. The Morgan fingerprint density at radius 1 is 0.393 bits per heavy atom. The van der Waals surface area contributed by atoms with Gasteiger partial charge in [0.1, 0.15) is 0 Å². The minimum atomic E-state index is 1.12. The molecule has 0 aliphatic heterocycles. The number of benzene rings is 5. The minimum Gasteiger partial charge on any atom is -0.0620 e. The quantitative estimate of drug-likeness (QED) is 0.274. The highest BCUT2D eigenvalue weighted by Crippen LogP contribution is 2.36. The first-order chi connectivity index (χ1) is 13.8. The Kier molecular flexibility index (Phi) is 3.39. The van der Waals surface area contributed by atoms with Crippen molar-refractivity contribution in [1.82, 2.24) is 0 Å². The van der Waals surface area contributed by atoms with Gasteiger partial charge in [0.2, 0.25) is 0 Å². The van der Waals surface area contributed by atoms with E-state index in [0.717, 1.165) is 12.8 Å². The molecule has 0 fully saturated rings. The molecular weight excluding hydrogens is 336 g/mol. The Bertz CT molecular complexity index is 1360. The normalized spacial score (nSPS) is 12.7. The van der Waals surface area contributed by atoms with E-state index in [4.69, 9.17) is 0 Å². The van der Waals surface area contributed by atoms with Crippen LogP contribution >= 0.6 is 0 Å². The lowest BCUT2D eigenvalue weighted by molar-refractivity contribution is 0.942. The molecule has 1 aliphatic carbocycles. The molecule has 0 nitrogen and oxygen atoms in total. The first kappa shape index (κ1) is 15.7. The Morgan fingerprint density at radius 3 is 1.89 bits per heavy atom. The number of hydrogen-bond acceptors (Lipinski definition) is 0. The molecule has 0 N–H and O–H groups in total. The number of hydrogen-bond donors (Lipinski definition) is 0. The van der Waals surface area contributed by atoms with E-state index in [1.807, 2.05) is 0 Å². The molecule has 0 radical (unpaired) electrons. The van der Waals surface area contributed by atoms with Crippen LogP contribution in [0.15, 0.2) is 97.1 Å². The Hall–Kier alpha value is -3.38. The van der Waals surface area contributed by atoms with Crippen molar-refractivity contribution in [2.24, 2.45) is 0 Å². The molecule has 0 saturated heterocycles. The average Bonchev–Trinajstić information content (AvgIpc) is 2.76. The summed E-state index contributed by atoms with van der Waals surface area (Å²) in [4.78, 5) is 0. The van der Waals surface area contributed by atoms with E-state index in [9.17, 15) is 0 Å². The van der Waals surface area contributed by atoms with Gasteiger partial charge in [-0.2, -0.15) is 0 Å². The number of rotatable bonds is 1. The number of fused-ring (bicyclic) bond motifs is 5. The van der Waals surface area contributed by atoms with Crippen LogP contribution in [0.5, 0.6) is 0 Å². The molecule has 1 aliphatic rings. The zero-order chi connectivity index (χ0) is 18.5. The minimum absolute atomic E-state index is 1.12. The fourth-order valence-electron chi connectivity index (χ4n) is 4.63. The van der Waals surface area contributed by atoms with Gasteiger partial charge in [0.15, 0.2) is 0 Å². The molecule has 0 atom stereocenters. The van der Waals surface area contributed by atoms with Gasteiger partial charge in [-0.3, -0.25) is 0 Å². The molecule has 6 rings (SSSR count). The van der Waals surface area contributed by atoms with E-state index in [-0.39, 0.29) is 0 Å². The summed E-state index contributed by atoms with van der Waals surface area (Å²) < 4.78 is 0. The molecule has 0 amide bonds. The molecule has 0 heterocycles. The molecule has 0 aromatic heterocycles. The summed E-state index contributed by atoms with van der Waals surface area (Å²) in [7, 11) is 0. The predicted molar refractivity (Wildman–Crippen MR) is 120 cm³/mol. The van der Waals surface area contributed by atoms with Gasteiger partial charge < -0.3 is 0 Å². The second kappa shape index (κ2) is 6.07. The third kappa shape index (κ3) is 2.46. The maximum absolute atomic E-state index is 2.40. The lowest BCUT2D eigenvalue weighted by atomic mass is 9.84. The van der Waals surface area contributed by atoms with E-state index in [1.54, 1.807) is 0 Å². The molecular formula is C28H20. The van der Waals surface area contributed by atoms with E-state index in [2.05, 4.69) is 97.1 Å². The second-order valence-corrected chi connectivity index (χ2v) is 7.79. The Morgan fingerprint density at radius 2 is 1.00 bits per heavy atom. The van der Waals surface area contributed by atoms with E-state index in [1.165, 1.54) is 54.9 Å². The summed E-state index contributed by atoms with van der Waals surface area (Å²) in [6, 6.07) is 35.8. The van der Waals surface area contributed by atoms with Crippen molar-refractivity contribution in [3.8, 4) is 22.3 Å². The molecule has 0 saturated carbocycles. The molecule has 0 spiro atoms. The van der Waals surface area contributed by atoms with Gasteiger partial charge in [-0.25, -0.2) is 0 Å². The predicted octanol–water partition coefficient (Wildman–Crippen LogP) is 7.43. The molecule has 0 unspecified atom stereocenters. The molecule has 0 bridgehead atoms. The van der Waals surface area contributed by atoms with Crippen LogP contribution in [0.25, 0.3) is 43.8 Å². The third-order valence-electron chi connectivity index (χ3n) is 6.11. The number of aryl methyl sites for hydroxylation is 2. The van der Waals surface area contributed by atoms with Crippen molar-refractivity contribution in [2.45, 2.75) is 12.8 Å². The van der Waals surface area contributed by atoms with Gasteiger partial charge in [0, 0.05) is 0 Å². The summed E-state index contributed by atoms with van der Waals surface area (Å²) in [5.41, 5.74) is 8.35. The van der Waals surface area contributed by atoms with Crippen LogP contribution in [0.4, 0.5) is 0 Å². The highest BCUT2D eigenvalue weighted by atomic mass is 14.2. The lowest BCUT2D eigenvalue weighted by Crippen LogP contribution is -2.03. The zero-order valence-electron chi connectivity index (χ0n) is 15.7. The smallest absolute Gasteiger partial charge is 0.0149 e. The topological polar surface area (TPSA) is 0 Å². The van der Waals surface area contributed by atoms with Crippen LogP contribution in [0.3, 0.4) is 0 Å². The lowest BCUT2D eigenvalue weighted by Gasteiger charge is -2.20. The fraction of sp³-hybridized carbons (Fsp3) is 0.0714.